The molecule has 1 unspecified atom stereocenters. The lowest BCUT2D eigenvalue weighted by Gasteiger charge is -2.25. The highest BCUT2D eigenvalue weighted by atomic mass is 35.5. The Kier molecular flexibility index (Phi) is 7.92. The quantitative estimate of drug-likeness (QED) is 0.367. The molecule has 0 aliphatic heterocycles. The van der Waals surface area contributed by atoms with Gasteiger partial charge >= 0.3 is 6.09 Å². The maximum Gasteiger partial charge on any atom is 0.405 e. The second-order valence-electron chi connectivity index (χ2n) is 7.68. The van der Waals surface area contributed by atoms with Gasteiger partial charge in [0.2, 0.25) is 0 Å². The van der Waals surface area contributed by atoms with E-state index < -0.39 is 24.1 Å². The summed E-state index contributed by atoms with van der Waals surface area (Å²) in [5, 5.41) is 23.1. The van der Waals surface area contributed by atoms with Crippen molar-refractivity contribution in [3.05, 3.63) is 83.4 Å². The lowest BCUT2D eigenvalue weighted by molar-refractivity contribution is -0.123. The molecule has 3 aromatic carbocycles. The lowest BCUT2D eigenvalue weighted by Crippen LogP contribution is -2.56. The van der Waals surface area contributed by atoms with Gasteiger partial charge in [0, 0.05) is 12.1 Å². The zero-order valence-corrected chi connectivity index (χ0v) is 18.8. The van der Waals surface area contributed by atoms with E-state index in [1.54, 1.807) is 12.1 Å². The summed E-state index contributed by atoms with van der Waals surface area (Å²) < 4.78 is 5.78. The number of carbonyl (C=O) groups is 2. The minimum absolute atomic E-state index is 0.295. The van der Waals surface area contributed by atoms with E-state index >= 15 is 0 Å². The molecule has 3 rings (SSSR count). The maximum absolute atomic E-state index is 12.4. The van der Waals surface area contributed by atoms with Crippen LogP contribution in [0.25, 0.3) is 11.1 Å². The van der Waals surface area contributed by atoms with Crippen LogP contribution in [-0.2, 0) is 11.2 Å². The van der Waals surface area contributed by atoms with Gasteiger partial charge in [0.1, 0.15) is 11.3 Å². The molecular formula is C25H25ClN2O5. The van der Waals surface area contributed by atoms with E-state index in [0.717, 1.165) is 16.7 Å². The Labute approximate surface area is 197 Å². The van der Waals surface area contributed by atoms with E-state index in [1.807, 2.05) is 23.5 Å². The second-order valence-corrected chi connectivity index (χ2v) is 8.09. The molecule has 7 nitrogen and oxygen atoms in total. The number of carbonyl (C=O) groups excluding carboxylic acids is 1. The fourth-order valence-corrected chi connectivity index (χ4v) is 3.38. The van der Waals surface area contributed by atoms with E-state index in [4.69, 9.17) is 21.4 Å². The highest BCUT2D eigenvalue weighted by molar-refractivity contribution is 6.32. The van der Waals surface area contributed by atoms with Gasteiger partial charge in [0.05, 0.1) is 18.2 Å². The fraction of sp³-hybridized carbons (Fsp3) is 0.200. The number of nitrogens with one attached hydrogen (secondary N) is 2. The molecule has 0 saturated heterocycles. The number of aliphatic hydroxyl groups excluding tert-OH is 1. The van der Waals surface area contributed by atoms with Crippen molar-refractivity contribution in [3.8, 4) is 16.9 Å². The van der Waals surface area contributed by atoms with Gasteiger partial charge in [0.15, 0.2) is 0 Å². The maximum atomic E-state index is 12.4. The molecule has 0 aliphatic carbocycles. The van der Waals surface area contributed by atoms with Crippen molar-refractivity contribution < 1.29 is 24.5 Å². The fourth-order valence-electron chi connectivity index (χ4n) is 3.14. The number of anilines is 1. The highest BCUT2D eigenvalue weighted by Crippen LogP contribution is 2.28. The van der Waals surface area contributed by atoms with Crippen LogP contribution in [-0.4, -0.2) is 41.0 Å². The summed E-state index contributed by atoms with van der Waals surface area (Å²) in [5.74, 6) is -0.250. The zero-order valence-electron chi connectivity index (χ0n) is 18.0. The standard InChI is InChI=1S/C25H25ClN2O5/c1-25(16-29,28-24(31)32)23(30)27-20-11-12-22(21(26)15-20)33-14-13-17-7-9-19(10-8-17)18-5-3-2-4-6-18/h2-12,15,28-29H,13-14,16H2,1H3,(H,27,30)(H,31,32). The van der Waals surface area contributed by atoms with Crippen LogP contribution < -0.4 is 15.4 Å². The van der Waals surface area contributed by atoms with Gasteiger partial charge in [0.25, 0.3) is 5.91 Å². The number of hydrogen-bond acceptors (Lipinski definition) is 4. The van der Waals surface area contributed by atoms with Gasteiger partial charge in [-0.15, -0.1) is 0 Å². The molecule has 1 atom stereocenters. The van der Waals surface area contributed by atoms with Gasteiger partial charge < -0.3 is 25.6 Å². The van der Waals surface area contributed by atoms with Crippen molar-refractivity contribution >= 4 is 29.3 Å². The minimum Gasteiger partial charge on any atom is -0.492 e. The van der Waals surface area contributed by atoms with Crippen LogP contribution in [0, 0.1) is 0 Å². The number of rotatable bonds is 9. The van der Waals surface area contributed by atoms with Gasteiger partial charge in [-0.25, -0.2) is 4.79 Å². The van der Waals surface area contributed by atoms with Crippen LogP contribution in [0.2, 0.25) is 5.02 Å². The SMILES string of the molecule is CC(CO)(NC(=O)O)C(=O)Nc1ccc(OCCc2ccc(-c3ccccc3)cc2)c(Cl)c1. The average Bonchev–Trinajstić information content (AvgIpc) is 2.81. The van der Waals surface area contributed by atoms with Gasteiger partial charge in [-0.3, -0.25) is 4.79 Å². The minimum atomic E-state index is -1.69. The first-order chi connectivity index (χ1) is 15.8. The molecule has 0 aromatic heterocycles. The molecule has 0 bridgehead atoms. The second kappa shape index (κ2) is 10.8. The van der Waals surface area contributed by atoms with E-state index in [-0.39, 0.29) is 0 Å². The van der Waals surface area contributed by atoms with E-state index in [1.165, 1.54) is 13.0 Å². The van der Waals surface area contributed by atoms with Crippen molar-refractivity contribution in [1.29, 1.82) is 0 Å². The first-order valence-electron chi connectivity index (χ1n) is 10.3. The third kappa shape index (κ3) is 6.47. The Morgan fingerprint density at radius 2 is 1.67 bits per heavy atom. The normalized spacial score (nSPS) is 12.5. The Bertz CT molecular complexity index is 1110. The molecule has 172 valence electrons. The lowest BCUT2D eigenvalue weighted by atomic mass is 10.0. The molecule has 0 aliphatic rings. The van der Waals surface area contributed by atoms with Crippen molar-refractivity contribution in [1.82, 2.24) is 5.32 Å². The van der Waals surface area contributed by atoms with Crippen LogP contribution in [0.4, 0.5) is 10.5 Å². The summed E-state index contributed by atoms with van der Waals surface area (Å²) in [7, 11) is 0. The van der Waals surface area contributed by atoms with Gasteiger partial charge in [-0.1, -0.05) is 66.2 Å². The summed E-state index contributed by atoms with van der Waals surface area (Å²) in [6, 6.07) is 23.1. The summed E-state index contributed by atoms with van der Waals surface area (Å²) >= 11 is 6.28. The number of ether oxygens (including phenoxy) is 1. The Balaban J connectivity index is 1.55. The summed E-state index contributed by atoms with van der Waals surface area (Å²) in [6.07, 6.45) is -0.724. The van der Waals surface area contributed by atoms with Crippen molar-refractivity contribution in [3.63, 3.8) is 0 Å². The predicted molar refractivity (Wildman–Crippen MR) is 128 cm³/mol. The van der Waals surface area contributed by atoms with Crippen LogP contribution in [0.15, 0.2) is 72.8 Å². The third-order valence-electron chi connectivity index (χ3n) is 5.10. The van der Waals surface area contributed by atoms with Crippen LogP contribution in [0.1, 0.15) is 12.5 Å². The summed E-state index contributed by atoms with van der Waals surface area (Å²) in [6.45, 7) is 0.996. The van der Waals surface area contributed by atoms with E-state index in [0.29, 0.717) is 29.5 Å². The molecular weight excluding hydrogens is 444 g/mol. The average molecular weight is 469 g/mol. The molecule has 33 heavy (non-hydrogen) atoms. The van der Waals surface area contributed by atoms with Crippen LogP contribution >= 0.6 is 11.6 Å². The predicted octanol–water partition coefficient (Wildman–Crippen LogP) is 4.59. The largest absolute Gasteiger partial charge is 0.492 e. The molecule has 0 spiro atoms. The molecule has 2 amide bonds. The molecule has 8 heteroatoms. The van der Waals surface area contributed by atoms with E-state index in [9.17, 15) is 14.7 Å². The van der Waals surface area contributed by atoms with E-state index in [2.05, 4.69) is 41.7 Å². The van der Waals surface area contributed by atoms with Crippen molar-refractivity contribution in [2.24, 2.45) is 0 Å². The molecule has 0 fully saturated rings. The first-order valence-corrected chi connectivity index (χ1v) is 10.7. The first kappa shape index (κ1) is 24.1. The third-order valence-corrected chi connectivity index (χ3v) is 5.39. The summed E-state index contributed by atoms with van der Waals surface area (Å²) in [5.41, 5.74) is 2.10. The molecule has 0 saturated carbocycles. The molecule has 0 radical (unpaired) electrons. The van der Waals surface area contributed by atoms with Crippen molar-refractivity contribution in [2.45, 2.75) is 18.9 Å². The molecule has 0 heterocycles. The number of carboxylic acid groups (broad SMARTS) is 1. The topological polar surface area (TPSA) is 108 Å². The van der Waals surface area contributed by atoms with Crippen LogP contribution in [0.5, 0.6) is 5.75 Å². The number of benzene rings is 3. The van der Waals surface area contributed by atoms with Gasteiger partial charge in [-0.2, -0.15) is 0 Å². The number of amides is 2. The Morgan fingerprint density at radius 3 is 2.27 bits per heavy atom. The Hall–Kier alpha value is -3.55. The van der Waals surface area contributed by atoms with Crippen molar-refractivity contribution in [2.75, 3.05) is 18.5 Å². The monoisotopic (exact) mass is 468 g/mol. The highest BCUT2D eigenvalue weighted by Gasteiger charge is 2.34. The zero-order chi connectivity index (χ0) is 23.8. The van der Waals surface area contributed by atoms with Gasteiger partial charge in [-0.05, 0) is 41.8 Å². The van der Waals surface area contributed by atoms with Crippen LogP contribution in [0.3, 0.4) is 0 Å². The summed E-state index contributed by atoms with van der Waals surface area (Å²) in [4.78, 5) is 23.2. The number of hydrogen-bond donors (Lipinski definition) is 4. The number of halogens is 1. The molecule has 4 N–H and O–H groups in total. The number of aliphatic hydroxyl groups is 1. The molecule has 3 aromatic rings. The smallest absolute Gasteiger partial charge is 0.405 e. The Morgan fingerprint density at radius 1 is 1.00 bits per heavy atom.